The van der Waals surface area contributed by atoms with E-state index in [0.29, 0.717) is 0 Å². The highest BCUT2D eigenvalue weighted by atomic mass is 32.2. The molecular weight excluding hydrogens is 424 g/mol. The molecule has 0 unspecified atom stereocenters. The highest BCUT2D eigenvalue weighted by molar-refractivity contribution is 7.86. The summed E-state index contributed by atoms with van der Waals surface area (Å²) in [5.74, 6) is -2.44. The lowest BCUT2D eigenvalue weighted by Gasteiger charge is -2.23. The van der Waals surface area contributed by atoms with E-state index in [0.717, 1.165) is 6.07 Å². The van der Waals surface area contributed by atoms with E-state index in [-0.39, 0.29) is 39.2 Å². The van der Waals surface area contributed by atoms with Gasteiger partial charge in [0.1, 0.15) is 4.90 Å². The Kier molecular flexibility index (Phi) is 4.60. The minimum atomic E-state index is -4.84. The molecule has 10 heteroatoms. The number of ketones is 2. The van der Waals surface area contributed by atoms with Gasteiger partial charge in [-0.1, -0.05) is 30.3 Å². The van der Waals surface area contributed by atoms with Crippen LogP contribution in [-0.4, -0.2) is 35.6 Å². The molecule has 31 heavy (non-hydrogen) atoms. The fourth-order valence-corrected chi connectivity index (χ4v) is 4.14. The van der Waals surface area contributed by atoms with Crippen molar-refractivity contribution in [2.75, 3.05) is 11.1 Å². The van der Waals surface area contributed by atoms with Crippen molar-refractivity contribution in [1.29, 1.82) is 0 Å². The summed E-state index contributed by atoms with van der Waals surface area (Å²) in [7, 11) is -4.84. The molecule has 0 spiro atoms. The lowest BCUT2D eigenvalue weighted by atomic mass is 9.82. The number of rotatable bonds is 4. The first-order chi connectivity index (χ1) is 14.6. The fraction of sp³-hybridized carbons (Fsp3) is 0. The maximum atomic E-state index is 13.2. The molecule has 4 rings (SSSR count). The topological polar surface area (TPSA) is 164 Å². The zero-order valence-corrected chi connectivity index (χ0v) is 16.4. The van der Waals surface area contributed by atoms with E-state index >= 15 is 0 Å². The molecular formula is C21H14N2O7S. The van der Waals surface area contributed by atoms with Crippen LogP contribution in [0.4, 0.5) is 17.1 Å². The summed E-state index contributed by atoms with van der Waals surface area (Å²) in [5, 5.41) is 12.0. The third-order valence-corrected chi connectivity index (χ3v) is 5.76. The number of nitrogens with two attached hydrogens (primary N) is 1. The SMILES string of the molecule is Nc1c(S(=O)(=O)O)cc(Nc2cccc(C(=O)O)c2)c2c1C(=O)c1ccccc1C2=O. The van der Waals surface area contributed by atoms with E-state index in [1.54, 1.807) is 12.1 Å². The summed E-state index contributed by atoms with van der Waals surface area (Å²) < 4.78 is 33.4. The van der Waals surface area contributed by atoms with Crippen LogP contribution >= 0.6 is 0 Å². The van der Waals surface area contributed by atoms with Crippen LogP contribution in [-0.2, 0) is 10.1 Å². The zero-order chi connectivity index (χ0) is 22.5. The van der Waals surface area contributed by atoms with Crippen LogP contribution in [0.1, 0.15) is 42.2 Å². The first-order valence-electron chi connectivity index (χ1n) is 8.82. The van der Waals surface area contributed by atoms with Crippen molar-refractivity contribution in [1.82, 2.24) is 0 Å². The summed E-state index contributed by atoms with van der Waals surface area (Å²) in [6.45, 7) is 0. The number of aromatic carboxylic acids is 1. The van der Waals surface area contributed by atoms with Crippen LogP contribution in [0.5, 0.6) is 0 Å². The molecule has 0 bridgehead atoms. The van der Waals surface area contributed by atoms with E-state index in [4.69, 9.17) is 5.73 Å². The highest BCUT2D eigenvalue weighted by Gasteiger charge is 2.36. The van der Waals surface area contributed by atoms with E-state index in [9.17, 15) is 32.5 Å². The standard InChI is InChI=1S/C21H14N2O7S/c22-18-15(31(28,29)30)9-14(23-11-5-3-4-10(8-11)21(26)27)16-17(18)20(25)13-7-2-1-6-12(13)19(16)24/h1-9,23H,22H2,(H,26,27)(H,28,29,30). The Morgan fingerprint density at radius 3 is 2.10 bits per heavy atom. The van der Waals surface area contributed by atoms with Crippen LogP contribution in [0.15, 0.2) is 59.5 Å². The number of benzene rings is 3. The average Bonchev–Trinajstić information content (AvgIpc) is 2.72. The number of fused-ring (bicyclic) bond motifs is 2. The molecule has 0 heterocycles. The van der Waals surface area contributed by atoms with E-state index in [2.05, 4.69) is 5.32 Å². The second-order valence-electron chi connectivity index (χ2n) is 6.78. The molecule has 0 radical (unpaired) electrons. The van der Waals surface area contributed by atoms with Gasteiger partial charge >= 0.3 is 5.97 Å². The van der Waals surface area contributed by atoms with Gasteiger partial charge in [0.15, 0.2) is 11.6 Å². The lowest BCUT2D eigenvalue weighted by molar-refractivity contribution is 0.0696. The van der Waals surface area contributed by atoms with Gasteiger partial charge in [-0.05, 0) is 24.3 Å². The third-order valence-electron chi connectivity index (χ3n) is 4.87. The molecule has 0 saturated carbocycles. The monoisotopic (exact) mass is 438 g/mol. The van der Waals surface area contributed by atoms with Crippen LogP contribution in [0.3, 0.4) is 0 Å². The smallest absolute Gasteiger partial charge is 0.335 e. The van der Waals surface area contributed by atoms with Gasteiger partial charge in [-0.25, -0.2) is 4.79 Å². The number of hydrogen-bond acceptors (Lipinski definition) is 7. The molecule has 0 aliphatic heterocycles. The van der Waals surface area contributed by atoms with Gasteiger partial charge in [0.05, 0.1) is 28.1 Å². The van der Waals surface area contributed by atoms with Crippen molar-refractivity contribution in [3.8, 4) is 0 Å². The quantitative estimate of drug-likeness (QED) is 0.277. The molecule has 0 aromatic heterocycles. The number of hydrogen-bond donors (Lipinski definition) is 4. The van der Waals surface area contributed by atoms with Crippen molar-refractivity contribution < 1.29 is 32.5 Å². The van der Waals surface area contributed by atoms with Crippen LogP contribution < -0.4 is 11.1 Å². The number of nitrogens with one attached hydrogen (secondary N) is 1. The predicted octanol–water partition coefficient (Wildman–Crippen LogP) is 2.73. The molecule has 5 N–H and O–H groups in total. The molecule has 0 fully saturated rings. The largest absolute Gasteiger partial charge is 0.478 e. The van der Waals surface area contributed by atoms with Crippen molar-refractivity contribution in [2.24, 2.45) is 0 Å². The van der Waals surface area contributed by atoms with Crippen LogP contribution in [0, 0.1) is 0 Å². The van der Waals surface area contributed by atoms with Crippen molar-refractivity contribution >= 4 is 44.7 Å². The molecule has 3 aromatic rings. The van der Waals surface area contributed by atoms with Gasteiger partial charge in [0.2, 0.25) is 0 Å². The number of carbonyl (C=O) groups excluding carboxylic acids is 2. The minimum absolute atomic E-state index is 0.0537. The normalized spacial score (nSPS) is 12.8. The molecule has 0 atom stereocenters. The second-order valence-corrected chi connectivity index (χ2v) is 8.17. The number of carboxylic acid groups (broad SMARTS) is 1. The van der Waals surface area contributed by atoms with Gasteiger partial charge < -0.3 is 16.2 Å². The average molecular weight is 438 g/mol. The number of carboxylic acids is 1. The third kappa shape index (κ3) is 3.33. The second kappa shape index (κ2) is 7.04. The summed E-state index contributed by atoms with van der Waals surface area (Å²) in [4.78, 5) is 36.8. The Balaban J connectivity index is 2.00. The van der Waals surface area contributed by atoms with E-state index in [1.807, 2.05) is 0 Å². The Morgan fingerprint density at radius 2 is 1.52 bits per heavy atom. The first-order valence-corrected chi connectivity index (χ1v) is 10.3. The van der Waals surface area contributed by atoms with Gasteiger partial charge in [0, 0.05) is 16.8 Å². The Morgan fingerprint density at radius 1 is 0.903 bits per heavy atom. The number of carbonyl (C=O) groups is 3. The van der Waals surface area contributed by atoms with E-state index < -0.39 is 38.2 Å². The minimum Gasteiger partial charge on any atom is -0.478 e. The molecule has 156 valence electrons. The molecule has 0 amide bonds. The van der Waals surface area contributed by atoms with Crippen molar-refractivity contribution in [3.05, 3.63) is 82.4 Å². The van der Waals surface area contributed by atoms with Gasteiger partial charge in [-0.3, -0.25) is 14.1 Å². The Labute approximate surface area is 175 Å². The summed E-state index contributed by atoms with van der Waals surface area (Å²) in [5.41, 5.74) is 5.04. The molecule has 1 aliphatic rings. The predicted molar refractivity (Wildman–Crippen MR) is 111 cm³/mol. The van der Waals surface area contributed by atoms with Gasteiger partial charge in [-0.15, -0.1) is 0 Å². The summed E-state index contributed by atoms with van der Waals surface area (Å²) in [6.07, 6.45) is 0. The Bertz CT molecular complexity index is 1410. The number of anilines is 3. The van der Waals surface area contributed by atoms with Crippen molar-refractivity contribution in [2.45, 2.75) is 4.90 Å². The maximum Gasteiger partial charge on any atom is 0.335 e. The van der Waals surface area contributed by atoms with Gasteiger partial charge in [0.25, 0.3) is 10.1 Å². The summed E-state index contributed by atoms with van der Waals surface area (Å²) in [6, 6.07) is 12.5. The van der Waals surface area contributed by atoms with Crippen molar-refractivity contribution in [3.63, 3.8) is 0 Å². The first kappa shape index (κ1) is 20.3. The fourth-order valence-electron chi connectivity index (χ4n) is 3.49. The molecule has 0 saturated heterocycles. The molecule has 1 aliphatic carbocycles. The Hall–Kier alpha value is -4.02. The lowest BCUT2D eigenvalue weighted by Crippen LogP contribution is -2.25. The van der Waals surface area contributed by atoms with Gasteiger partial charge in [-0.2, -0.15) is 8.42 Å². The maximum absolute atomic E-state index is 13.2. The highest BCUT2D eigenvalue weighted by Crippen LogP contribution is 2.40. The zero-order valence-electron chi connectivity index (χ0n) is 15.6. The van der Waals surface area contributed by atoms with Crippen LogP contribution in [0.2, 0.25) is 0 Å². The number of nitrogen functional groups attached to an aromatic ring is 1. The van der Waals surface area contributed by atoms with Crippen LogP contribution in [0.25, 0.3) is 0 Å². The molecule has 9 nitrogen and oxygen atoms in total. The summed E-state index contributed by atoms with van der Waals surface area (Å²) >= 11 is 0. The van der Waals surface area contributed by atoms with E-state index in [1.165, 1.54) is 36.4 Å². The molecule has 3 aromatic carbocycles.